The fourth-order valence-corrected chi connectivity index (χ4v) is 1.73. The quantitative estimate of drug-likeness (QED) is 0.864. The maximum atomic E-state index is 12.5. The molecular formula is C13H10ClF3N2O2. The highest BCUT2D eigenvalue weighted by Gasteiger charge is 2.31. The zero-order valence-corrected chi connectivity index (χ0v) is 11.5. The lowest BCUT2D eigenvalue weighted by Gasteiger charge is -2.12. The average molecular weight is 319 g/mol. The molecule has 112 valence electrons. The first-order valence-electron chi connectivity index (χ1n) is 5.65. The van der Waals surface area contributed by atoms with Gasteiger partial charge in [-0.15, -0.1) is 0 Å². The number of pyridine rings is 1. The summed E-state index contributed by atoms with van der Waals surface area (Å²) in [6, 6.07) is 5.31. The van der Waals surface area contributed by atoms with Crippen molar-refractivity contribution in [2.24, 2.45) is 0 Å². The second-order valence-electron chi connectivity index (χ2n) is 4.02. The molecule has 0 amide bonds. The van der Waals surface area contributed by atoms with Crippen LogP contribution in [0.3, 0.4) is 0 Å². The molecule has 0 bridgehead atoms. The summed E-state index contributed by atoms with van der Waals surface area (Å²) in [7, 11) is 1.41. The Morgan fingerprint density at radius 1 is 1.19 bits per heavy atom. The van der Waals surface area contributed by atoms with Crippen molar-refractivity contribution in [1.29, 1.82) is 0 Å². The van der Waals surface area contributed by atoms with E-state index >= 15 is 0 Å². The Hall–Kier alpha value is -2.15. The third-order valence-corrected chi connectivity index (χ3v) is 2.80. The normalized spacial score (nSPS) is 11.3. The molecule has 0 saturated heterocycles. The number of anilines is 1. The molecule has 0 fully saturated rings. The van der Waals surface area contributed by atoms with Crippen LogP contribution in [0.5, 0.6) is 17.4 Å². The molecule has 2 rings (SSSR count). The number of benzene rings is 1. The molecule has 0 saturated carbocycles. The van der Waals surface area contributed by atoms with E-state index in [1.54, 1.807) is 6.07 Å². The fraction of sp³-hybridized carbons (Fsp3) is 0.154. The minimum atomic E-state index is -4.52. The number of nitrogens with two attached hydrogens (primary N) is 1. The maximum absolute atomic E-state index is 12.5. The molecule has 1 aromatic heterocycles. The van der Waals surface area contributed by atoms with Crippen LogP contribution in [-0.2, 0) is 6.18 Å². The second-order valence-corrected chi connectivity index (χ2v) is 4.43. The Balaban J connectivity index is 2.32. The van der Waals surface area contributed by atoms with Crippen molar-refractivity contribution in [2.45, 2.75) is 6.18 Å². The Morgan fingerprint density at radius 2 is 1.90 bits per heavy atom. The van der Waals surface area contributed by atoms with Crippen LogP contribution in [0.25, 0.3) is 0 Å². The van der Waals surface area contributed by atoms with Crippen molar-refractivity contribution in [3.8, 4) is 17.4 Å². The number of rotatable bonds is 3. The van der Waals surface area contributed by atoms with Gasteiger partial charge in [-0.3, -0.25) is 0 Å². The monoisotopic (exact) mass is 318 g/mol. The second kappa shape index (κ2) is 5.69. The molecule has 1 aromatic carbocycles. The van der Waals surface area contributed by atoms with Crippen LogP contribution in [0.2, 0.25) is 5.02 Å². The smallest absolute Gasteiger partial charge is 0.417 e. The lowest BCUT2D eigenvalue weighted by molar-refractivity contribution is -0.137. The van der Waals surface area contributed by atoms with E-state index in [0.717, 1.165) is 6.07 Å². The third-order valence-electron chi connectivity index (χ3n) is 2.53. The van der Waals surface area contributed by atoms with Gasteiger partial charge in [0, 0.05) is 18.0 Å². The topological polar surface area (TPSA) is 57.4 Å². The lowest BCUT2D eigenvalue weighted by Crippen LogP contribution is -2.06. The molecule has 2 aromatic rings. The minimum absolute atomic E-state index is 0.160. The van der Waals surface area contributed by atoms with Gasteiger partial charge >= 0.3 is 6.18 Å². The highest BCUT2D eigenvalue weighted by atomic mass is 35.5. The molecule has 0 aliphatic rings. The van der Waals surface area contributed by atoms with Gasteiger partial charge in [0.2, 0.25) is 5.88 Å². The first-order chi connectivity index (χ1) is 9.81. The molecule has 2 N–H and O–H groups in total. The third kappa shape index (κ3) is 3.49. The number of methoxy groups -OCH3 is 1. The van der Waals surface area contributed by atoms with Crippen LogP contribution in [0, 0.1) is 0 Å². The zero-order valence-electron chi connectivity index (χ0n) is 10.7. The van der Waals surface area contributed by atoms with Crippen LogP contribution < -0.4 is 15.2 Å². The number of aromatic nitrogens is 1. The number of hydrogen-bond donors (Lipinski definition) is 1. The van der Waals surface area contributed by atoms with E-state index in [4.69, 9.17) is 26.8 Å². The molecule has 0 unspecified atom stereocenters. The lowest BCUT2D eigenvalue weighted by atomic mass is 10.2. The van der Waals surface area contributed by atoms with E-state index < -0.39 is 11.7 Å². The number of halogens is 4. The Labute approximate surface area is 123 Å². The van der Waals surface area contributed by atoms with Crippen LogP contribution in [0.1, 0.15) is 5.56 Å². The molecule has 1 heterocycles. The summed E-state index contributed by atoms with van der Waals surface area (Å²) in [6.45, 7) is 0. The predicted octanol–water partition coefficient (Wildman–Crippen LogP) is 4.14. The predicted molar refractivity (Wildman–Crippen MR) is 71.7 cm³/mol. The van der Waals surface area contributed by atoms with Crippen molar-refractivity contribution in [3.05, 3.63) is 41.0 Å². The van der Waals surface area contributed by atoms with Gasteiger partial charge in [0.25, 0.3) is 0 Å². The first kappa shape index (κ1) is 15.2. The summed E-state index contributed by atoms with van der Waals surface area (Å²) in [5, 5.41) is -0.260. The molecule has 8 heteroatoms. The first-order valence-corrected chi connectivity index (χ1v) is 6.03. The van der Waals surface area contributed by atoms with Crippen LogP contribution in [0.4, 0.5) is 18.9 Å². The van der Waals surface area contributed by atoms with Crippen molar-refractivity contribution in [3.63, 3.8) is 0 Å². The van der Waals surface area contributed by atoms with Crippen molar-refractivity contribution in [2.75, 3.05) is 12.8 Å². The molecule has 0 radical (unpaired) electrons. The van der Waals surface area contributed by atoms with E-state index in [-0.39, 0.29) is 16.7 Å². The van der Waals surface area contributed by atoms with Crippen molar-refractivity contribution in [1.82, 2.24) is 4.98 Å². The van der Waals surface area contributed by atoms with E-state index in [2.05, 4.69) is 4.98 Å². The van der Waals surface area contributed by atoms with Gasteiger partial charge in [-0.1, -0.05) is 11.6 Å². The standard InChI is InChI=1S/C13H10ClF3N2O2/c1-20-11-5-8(18)2-3-10(11)21-12-9(14)4-7(6-19-12)13(15,16)17/h2-6H,18H2,1H3. The Morgan fingerprint density at radius 3 is 2.48 bits per heavy atom. The SMILES string of the molecule is COc1cc(N)ccc1Oc1ncc(C(F)(F)F)cc1Cl. The van der Waals surface area contributed by atoms with Gasteiger partial charge < -0.3 is 15.2 Å². The van der Waals surface area contributed by atoms with Crippen molar-refractivity contribution >= 4 is 17.3 Å². The van der Waals surface area contributed by atoms with Gasteiger partial charge in [0.05, 0.1) is 12.7 Å². The maximum Gasteiger partial charge on any atom is 0.417 e. The summed E-state index contributed by atoms with van der Waals surface area (Å²) in [5.74, 6) is 0.390. The van der Waals surface area contributed by atoms with Crippen molar-refractivity contribution < 1.29 is 22.6 Å². The zero-order chi connectivity index (χ0) is 15.6. The van der Waals surface area contributed by atoms with Crippen LogP contribution in [-0.4, -0.2) is 12.1 Å². The Kier molecular flexibility index (Phi) is 4.13. The molecule has 21 heavy (non-hydrogen) atoms. The van der Waals surface area contributed by atoms with Crippen LogP contribution in [0.15, 0.2) is 30.5 Å². The van der Waals surface area contributed by atoms with Gasteiger partial charge in [-0.2, -0.15) is 13.2 Å². The average Bonchev–Trinajstić information content (AvgIpc) is 2.41. The number of nitrogen functional groups attached to an aromatic ring is 1. The Bertz CT molecular complexity index is 662. The summed E-state index contributed by atoms with van der Waals surface area (Å²) in [6.07, 6.45) is -3.88. The molecule has 0 spiro atoms. The fourth-order valence-electron chi connectivity index (χ4n) is 1.53. The summed E-state index contributed by atoms with van der Waals surface area (Å²) >= 11 is 5.76. The molecule has 4 nitrogen and oxygen atoms in total. The molecule has 0 atom stereocenters. The molecular weight excluding hydrogens is 309 g/mol. The minimum Gasteiger partial charge on any atom is -0.493 e. The van der Waals surface area contributed by atoms with E-state index in [9.17, 15) is 13.2 Å². The largest absolute Gasteiger partial charge is 0.493 e. The van der Waals surface area contributed by atoms with Gasteiger partial charge in [0.15, 0.2) is 11.5 Å². The number of ether oxygens (including phenoxy) is 2. The van der Waals surface area contributed by atoms with Gasteiger partial charge in [0.1, 0.15) is 5.02 Å². The summed E-state index contributed by atoms with van der Waals surface area (Å²) in [5.41, 5.74) is 5.09. The van der Waals surface area contributed by atoms with E-state index in [1.807, 2.05) is 0 Å². The highest BCUT2D eigenvalue weighted by molar-refractivity contribution is 6.31. The number of alkyl halides is 3. The summed E-state index contributed by atoms with van der Waals surface area (Å²) < 4.78 is 48.0. The summed E-state index contributed by atoms with van der Waals surface area (Å²) in [4.78, 5) is 3.58. The molecule has 0 aliphatic heterocycles. The number of hydrogen-bond acceptors (Lipinski definition) is 4. The van der Waals surface area contributed by atoms with Crippen LogP contribution >= 0.6 is 11.6 Å². The van der Waals surface area contributed by atoms with Gasteiger partial charge in [-0.25, -0.2) is 4.98 Å². The molecule has 0 aliphatic carbocycles. The highest BCUT2D eigenvalue weighted by Crippen LogP contribution is 2.37. The van der Waals surface area contributed by atoms with Gasteiger partial charge in [-0.05, 0) is 18.2 Å². The number of nitrogens with zero attached hydrogens (tertiary/aromatic N) is 1. The van der Waals surface area contributed by atoms with E-state index in [1.165, 1.54) is 19.2 Å². The van der Waals surface area contributed by atoms with E-state index in [0.29, 0.717) is 17.6 Å².